The third-order valence-corrected chi connectivity index (χ3v) is 2.79. The fraction of sp³-hybridized carbons (Fsp3) is 0.182. The molecule has 0 radical (unpaired) electrons. The van der Waals surface area contributed by atoms with E-state index in [1.54, 1.807) is 0 Å². The molecule has 3 heteroatoms. The maximum absolute atomic E-state index is 4.22. The van der Waals surface area contributed by atoms with Gasteiger partial charge >= 0.3 is 0 Å². The quantitative estimate of drug-likeness (QED) is 0.604. The van der Waals surface area contributed by atoms with Crippen LogP contribution in [0.2, 0.25) is 0 Å². The first-order valence-electron chi connectivity index (χ1n) is 4.53. The summed E-state index contributed by atoms with van der Waals surface area (Å²) in [5, 5.41) is 1.22. The van der Waals surface area contributed by atoms with E-state index in [1.807, 2.05) is 18.3 Å². The predicted octanol–water partition coefficient (Wildman–Crippen LogP) is 3.37. The van der Waals surface area contributed by atoms with Gasteiger partial charge in [-0.15, -0.1) is 6.58 Å². The lowest BCUT2D eigenvalue weighted by atomic mass is 10.3. The SMILES string of the molecule is C=CCCn1ccc2ccnc(Br)c21. The van der Waals surface area contributed by atoms with Crippen molar-refractivity contribution in [3.05, 3.63) is 41.8 Å². The van der Waals surface area contributed by atoms with Crippen molar-refractivity contribution in [2.24, 2.45) is 0 Å². The topological polar surface area (TPSA) is 17.8 Å². The van der Waals surface area contributed by atoms with Crippen molar-refractivity contribution >= 4 is 26.8 Å². The number of hydrogen-bond acceptors (Lipinski definition) is 1. The Labute approximate surface area is 91.4 Å². The summed E-state index contributed by atoms with van der Waals surface area (Å²) in [7, 11) is 0. The number of aromatic nitrogens is 2. The molecule has 0 aliphatic rings. The second-order valence-corrected chi connectivity index (χ2v) is 3.88. The highest BCUT2D eigenvalue weighted by molar-refractivity contribution is 9.10. The van der Waals surface area contributed by atoms with Crippen LogP contribution in [0.25, 0.3) is 10.9 Å². The average molecular weight is 251 g/mol. The first-order valence-corrected chi connectivity index (χ1v) is 5.32. The molecule has 0 N–H and O–H groups in total. The van der Waals surface area contributed by atoms with E-state index in [4.69, 9.17) is 0 Å². The molecule has 2 nitrogen and oxygen atoms in total. The molecule has 0 atom stereocenters. The summed E-state index contributed by atoms with van der Waals surface area (Å²) in [5.74, 6) is 0. The van der Waals surface area contributed by atoms with Gasteiger partial charge in [-0.1, -0.05) is 6.08 Å². The zero-order valence-corrected chi connectivity index (χ0v) is 9.37. The fourth-order valence-corrected chi connectivity index (χ4v) is 2.10. The molecule has 0 aromatic carbocycles. The van der Waals surface area contributed by atoms with Crippen LogP contribution in [0, 0.1) is 0 Å². The lowest BCUT2D eigenvalue weighted by Crippen LogP contribution is -1.95. The molecule has 0 spiro atoms. The normalized spacial score (nSPS) is 10.6. The van der Waals surface area contributed by atoms with Gasteiger partial charge in [0.2, 0.25) is 0 Å². The van der Waals surface area contributed by atoms with Crippen LogP contribution < -0.4 is 0 Å². The molecule has 0 fully saturated rings. The number of halogens is 1. The highest BCUT2D eigenvalue weighted by Gasteiger charge is 2.04. The van der Waals surface area contributed by atoms with Crippen LogP contribution >= 0.6 is 15.9 Å². The second kappa shape index (κ2) is 3.96. The zero-order valence-electron chi connectivity index (χ0n) is 7.78. The largest absolute Gasteiger partial charge is 0.345 e. The summed E-state index contributed by atoms with van der Waals surface area (Å²) >= 11 is 3.46. The van der Waals surface area contributed by atoms with Gasteiger partial charge in [-0.05, 0) is 34.5 Å². The van der Waals surface area contributed by atoms with Crippen LogP contribution in [-0.2, 0) is 6.54 Å². The van der Waals surface area contributed by atoms with E-state index < -0.39 is 0 Å². The molecular weight excluding hydrogens is 240 g/mol. The molecule has 2 heterocycles. The van der Waals surface area contributed by atoms with Gasteiger partial charge in [-0.3, -0.25) is 0 Å². The van der Waals surface area contributed by atoms with Crippen molar-refractivity contribution in [3.8, 4) is 0 Å². The minimum absolute atomic E-state index is 0.907. The Balaban J connectivity index is 2.50. The molecule has 2 rings (SSSR count). The van der Waals surface area contributed by atoms with Crippen LogP contribution in [0.15, 0.2) is 41.8 Å². The number of rotatable bonds is 3. The first kappa shape index (κ1) is 9.46. The van der Waals surface area contributed by atoms with Crippen molar-refractivity contribution in [1.29, 1.82) is 0 Å². The highest BCUT2D eigenvalue weighted by atomic mass is 79.9. The van der Waals surface area contributed by atoms with E-state index in [1.165, 1.54) is 5.39 Å². The van der Waals surface area contributed by atoms with Crippen LogP contribution in [-0.4, -0.2) is 9.55 Å². The molecule has 0 amide bonds. The van der Waals surface area contributed by atoms with Crippen LogP contribution in [0.3, 0.4) is 0 Å². The van der Waals surface area contributed by atoms with E-state index in [9.17, 15) is 0 Å². The number of nitrogens with zero attached hydrogens (tertiary/aromatic N) is 2. The second-order valence-electron chi connectivity index (χ2n) is 3.13. The Hall–Kier alpha value is -1.09. The van der Waals surface area contributed by atoms with Crippen molar-refractivity contribution in [2.45, 2.75) is 13.0 Å². The molecule has 2 aromatic heterocycles. The zero-order chi connectivity index (χ0) is 9.97. The summed E-state index contributed by atoms with van der Waals surface area (Å²) in [6.45, 7) is 4.68. The Morgan fingerprint density at radius 3 is 3.14 bits per heavy atom. The molecule has 0 bridgehead atoms. The van der Waals surface area contributed by atoms with Crippen LogP contribution in [0.5, 0.6) is 0 Å². The van der Waals surface area contributed by atoms with Crippen LogP contribution in [0.4, 0.5) is 0 Å². The monoisotopic (exact) mass is 250 g/mol. The van der Waals surface area contributed by atoms with E-state index in [0.717, 1.165) is 23.1 Å². The third kappa shape index (κ3) is 1.60. The summed E-state index contributed by atoms with van der Waals surface area (Å²) in [4.78, 5) is 4.22. The van der Waals surface area contributed by atoms with Gasteiger partial charge in [0.05, 0.1) is 5.52 Å². The molecule has 0 saturated heterocycles. The molecule has 0 unspecified atom stereocenters. The van der Waals surface area contributed by atoms with E-state index in [2.05, 4.69) is 44.3 Å². The van der Waals surface area contributed by atoms with Gasteiger partial charge < -0.3 is 4.57 Å². The number of pyridine rings is 1. The van der Waals surface area contributed by atoms with Crippen LogP contribution in [0.1, 0.15) is 6.42 Å². The predicted molar refractivity (Wildman–Crippen MR) is 62.2 cm³/mol. The van der Waals surface area contributed by atoms with E-state index in [-0.39, 0.29) is 0 Å². The van der Waals surface area contributed by atoms with Gasteiger partial charge in [-0.25, -0.2) is 4.98 Å². The molecule has 14 heavy (non-hydrogen) atoms. The van der Waals surface area contributed by atoms with E-state index in [0.29, 0.717) is 0 Å². The Kier molecular flexibility index (Phi) is 2.68. The minimum Gasteiger partial charge on any atom is -0.345 e. The number of hydrogen-bond donors (Lipinski definition) is 0. The standard InChI is InChI=1S/C11H11BrN2/c1-2-3-7-14-8-5-9-4-6-13-11(12)10(9)14/h2,4-6,8H,1,3,7H2. The molecule has 72 valence electrons. The Bertz CT molecular complexity index is 459. The Morgan fingerprint density at radius 1 is 1.50 bits per heavy atom. The summed E-state index contributed by atoms with van der Waals surface area (Å²) in [6, 6.07) is 4.12. The van der Waals surface area contributed by atoms with Gasteiger partial charge in [0.15, 0.2) is 0 Å². The maximum atomic E-state index is 4.22. The minimum atomic E-state index is 0.907. The summed E-state index contributed by atoms with van der Waals surface area (Å²) in [5.41, 5.74) is 1.16. The van der Waals surface area contributed by atoms with Crippen molar-refractivity contribution in [3.63, 3.8) is 0 Å². The maximum Gasteiger partial charge on any atom is 0.130 e. The summed E-state index contributed by atoms with van der Waals surface area (Å²) < 4.78 is 3.10. The summed E-state index contributed by atoms with van der Waals surface area (Å²) in [6.07, 6.45) is 6.80. The van der Waals surface area contributed by atoms with Gasteiger partial charge in [0.25, 0.3) is 0 Å². The third-order valence-electron chi connectivity index (χ3n) is 2.21. The number of allylic oxidation sites excluding steroid dienone is 1. The van der Waals surface area contributed by atoms with Crippen molar-refractivity contribution < 1.29 is 0 Å². The van der Waals surface area contributed by atoms with Crippen molar-refractivity contribution in [2.75, 3.05) is 0 Å². The molecule has 2 aromatic rings. The average Bonchev–Trinajstić information content (AvgIpc) is 2.59. The molecule has 0 saturated carbocycles. The van der Waals surface area contributed by atoms with Gasteiger partial charge in [0, 0.05) is 24.3 Å². The lowest BCUT2D eigenvalue weighted by Gasteiger charge is -2.03. The fourth-order valence-electron chi connectivity index (χ4n) is 1.52. The highest BCUT2D eigenvalue weighted by Crippen LogP contribution is 2.22. The first-order chi connectivity index (χ1) is 6.83. The number of fused-ring (bicyclic) bond motifs is 1. The molecule has 0 aliphatic carbocycles. The lowest BCUT2D eigenvalue weighted by molar-refractivity contribution is 0.737. The number of aryl methyl sites for hydroxylation is 1. The smallest absolute Gasteiger partial charge is 0.130 e. The van der Waals surface area contributed by atoms with Gasteiger partial charge in [-0.2, -0.15) is 0 Å². The Morgan fingerprint density at radius 2 is 2.36 bits per heavy atom. The van der Waals surface area contributed by atoms with Gasteiger partial charge in [0.1, 0.15) is 4.60 Å². The molecular formula is C11H11BrN2. The van der Waals surface area contributed by atoms with Crippen molar-refractivity contribution in [1.82, 2.24) is 9.55 Å². The van der Waals surface area contributed by atoms with E-state index >= 15 is 0 Å². The molecule has 0 aliphatic heterocycles.